The molecule has 1 aromatic rings. The molecule has 2 heterocycles. The van der Waals surface area contributed by atoms with Crippen molar-refractivity contribution in [2.75, 3.05) is 18.4 Å². The SMILES string of the molecule is CCc1nnc(NC2CCCNCC2)s1. The van der Waals surface area contributed by atoms with Gasteiger partial charge in [0, 0.05) is 6.04 Å². The number of rotatable bonds is 3. The van der Waals surface area contributed by atoms with Crippen LogP contribution in [-0.2, 0) is 6.42 Å². The third-order valence-electron chi connectivity index (χ3n) is 2.67. The quantitative estimate of drug-likeness (QED) is 0.823. The molecule has 1 unspecified atom stereocenters. The fourth-order valence-corrected chi connectivity index (χ4v) is 2.55. The molecular weight excluding hydrogens is 208 g/mol. The van der Waals surface area contributed by atoms with Gasteiger partial charge >= 0.3 is 0 Å². The van der Waals surface area contributed by atoms with Gasteiger partial charge in [0.15, 0.2) is 0 Å². The van der Waals surface area contributed by atoms with Crippen LogP contribution >= 0.6 is 11.3 Å². The van der Waals surface area contributed by atoms with E-state index in [9.17, 15) is 0 Å². The molecule has 0 saturated carbocycles. The molecule has 1 fully saturated rings. The number of aromatic nitrogens is 2. The molecule has 0 radical (unpaired) electrons. The van der Waals surface area contributed by atoms with Crippen LogP contribution in [-0.4, -0.2) is 29.3 Å². The van der Waals surface area contributed by atoms with E-state index in [4.69, 9.17) is 0 Å². The van der Waals surface area contributed by atoms with E-state index in [1.165, 1.54) is 19.3 Å². The van der Waals surface area contributed by atoms with Crippen molar-refractivity contribution in [1.29, 1.82) is 0 Å². The molecule has 1 saturated heterocycles. The summed E-state index contributed by atoms with van der Waals surface area (Å²) in [4.78, 5) is 0. The summed E-state index contributed by atoms with van der Waals surface area (Å²) in [7, 11) is 0. The highest BCUT2D eigenvalue weighted by atomic mass is 32.1. The highest BCUT2D eigenvalue weighted by molar-refractivity contribution is 7.15. The first-order chi connectivity index (χ1) is 7.38. The van der Waals surface area contributed by atoms with E-state index >= 15 is 0 Å². The Morgan fingerprint density at radius 1 is 1.40 bits per heavy atom. The second-order valence-corrected chi connectivity index (χ2v) is 4.94. The van der Waals surface area contributed by atoms with Crippen LogP contribution in [0.1, 0.15) is 31.2 Å². The van der Waals surface area contributed by atoms with Crippen molar-refractivity contribution in [3.8, 4) is 0 Å². The first-order valence-corrected chi connectivity index (χ1v) is 6.49. The maximum absolute atomic E-state index is 4.15. The minimum atomic E-state index is 0.567. The number of hydrogen-bond acceptors (Lipinski definition) is 5. The second-order valence-electron chi connectivity index (χ2n) is 3.88. The summed E-state index contributed by atoms with van der Waals surface area (Å²) in [5, 5.41) is 17.2. The lowest BCUT2D eigenvalue weighted by atomic mass is 10.1. The smallest absolute Gasteiger partial charge is 0.205 e. The molecule has 5 heteroatoms. The average molecular weight is 226 g/mol. The van der Waals surface area contributed by atoms with Crippen LogP contribution in [0.3, 0.4) is 0 Å². The van der Waals surface area contributed by atoms with Gasteiger partial charge < -0.3 is 10.6 Å². The zero-order chi connectivity index (χ0) is 10.5. The third-order valence-corrected chi connectivity index (χ3v) is 3.67. The molecular formula is C10H18N4S. The molecule has 1 aliphatic rings. The van der Waals surface area contributed by atoms with E-state index < -0.39 is 0 Å². The summed E-state index contributed by atoms with van der Waals surface area (Å²) in [6, 6.07) is 0.567. The van der Waals surface area contributed by atoms with Crippen molar-refractivity contribution in [2.45, 2.75) is 38.6 Å². The van der Waals surface area contributed by atoms with Crippen LogP contribution in [0.2, 0.25) is 0 Å². The minimum Gasteiger partial charge on any atom is -0.357 e. The molecule has 1 atom stereocenters. The predicted octanol–water partition coefficient (Wildman–Crippen LogP) is 1.65. The van der Waals surface area contributed by atoms with Crippen LogP contribution in [0.5, 0.6) is 0 Å². The van der Waals surface area contributed by atoms with Crippen molar-refractivity contribution in [1.82, 2.24) is 15.5 Å². The maximum Gasteiger partial charge on any atom is 0.205 e. The Hall–Kier alpha value is -0.680. The molecule has 1 aromatic heterocycles. The Morgan fingerprint density at radius 3 is 3.13 bits per heavy atom. The first kappa shape index (κ1) is 10.8. The maximum atomic E-state index is 4.15. The Kier molecular flexibility index (Phi) is 3.91. The zero-order valence-corrected chi connectivity index (χ0v) is 9.94. The van der Waals surface area contributed by atoms with Crippen LogP contribution in [0.4, 0.5) is 5.13 Å². The molecule has 2 rings (SSSR count). The van der Waals surface area contributed by atoms with E-state index in [-0.39, 0.29) is 0 Å². The van der Waals surface area contributed by atoms with Crippen molar-refractivity contribution < 1.29 is 0 Å². The fourth-order valence-electron chi connectivity index (χ4n) is 1.79. The van der Waals surface area contributed by atoms with E-state index in [1.54, 1.807) is 11.3 Å². The van der Waals surface area contributed by atoms with Gasteiger partial charge in [0.1, 0.15) is 5.01 Å². The van der Waals surface area contributed by atoms with Gasteiger partial charge in [-0.25, -0.2) is 0 Å². The number of nitrogens with zero attached hydrogens (tertiary/aromatic N) is 2. The lowest BCUT2D eigenvalue weighted by Gasteiger charge is -2.13. The molecule has 2 N–H and O–H groups in total. The summed E-state index contributed by atoms with van der Waals surface area (Å²) in [6.07, 6.45) is 4.64. The van der Waals surface area contributed by atoms with E-state index in [0.29, 0.717) is 6.04 Å². The summed E-state index contributed by atoms with van der Waals surface area (Å²) < 4.78 is 0. The zero-order valence-electron chi connectivity index (χ0n) is 9.12. The van der Waals surface area contributed by atoms with Gasteiger partial charge in [-0.3, -0.25) is 0 Å². The van der Waals surface area contributed by atoms with Gasteiger partial charge in [-0.2, -0.15) is 0 Å². The molecule has 84 valence electrons. The van der Waals surface area contributed by atoms with Crippen molar-refractivity contribution in [2.24, 2.45) is 0 Å². The number of hydrogen-bond donors (Lipinski definition) is 2. The van der Waals surface area contributed by atoms with Crippen molar-refractivity contribution >= 4 is 16.5 Å². The number of aryl methyl sites for hydroxylation is 1. The molecule has 0 aromatic carbocycles. The average Bonchev–Trinajstić information content (AvgIpc) is 2.54. The highest BCUT2D eigenvalue weighted by Gasteiger charge is 2.13. The summed E-state index contributed by atoms with van der Waals surface area (Å²) >= 11 is 1.68. The molecule has 0 amide bonds. The van der Waals surface area contributed by atoms with Gasteiger partial charge in [-0.05, 0) is 38.8 Å². The summed E-state index contributed by atoms with van der Waals surface area (Å²) in [5.74, 6) is 0. The Morgan fingerprint density at radius 2 is 2.33 bits per heavy atom. The van der Waals surface area contributed by atoms with Gasteiger partial charge in [0.25, 0.3) is 0 Å². The lowest BCUT2D eigenvalue weighted by Crippen LogP contribution is -2.21. The monoisotopic (exact) mass is 226 g/mol. The van der Waals surface area contributed by atoms with Gasteiger partial charge in [-0.15, -0.1) is 10.2 Å². The normalized spacial score (nSPS) is 22.3. The van der Waals surface area contributed by atoms with Gasteiger partial charge in [0.2, 0.25) is 5.13 Å². The predicted molar refractivity (Wildman–Crippen MR) is 63.4 cm³/mol. The molecule has 4 nitrogen and oxygen atoms in total. The molecule has 0 aliphatic carbocycles. The summed E-state index contributed by atoms with van der Waals surface area (Å²) in [5.41, 5.74) is 0. The van der Waals surface area contributed by atoms with E-state index in [0.717, 1.165) is 29.6 Å². The Bertz CT molecular complexity index is 291. The molecule has 15 heavy (non-hydrogen) atoms. The van der Waals surface area contributed by atoms with Crippen LogP contribution in [0.25, 0.3) is 0 Å². The van der Waals surface area contributed by atoms with Crippen LogP contribution in [0.15, 0.2) is 0 Å². The summed E-state index contributed by atoms with van der Waals surface area (Å²) in [6.45, 7) is 4.37. The van der Waals surface area contributed by atoms with E-state index in [1.807, 2.05) is 0 Å². The molecule has 0 bridgehead atoms. The standard InChI is InChI=1S/C10H18N4S/c1-2-9-13-14-10(15-9)12-8-4-3-6-11-7-5-8/h8,11H,2-7H2,1H3,(H,12,14). The Balaban J connectivity index is 1.89. The second kappa shape index (κ2) is 5.42. The fraction of sp³-hybridized carbons (Fsp3) is 0.800. The van der Waals surface area contributed by atoms with Crippen molar-refractivity contribution in [3.63, 3.8) is 0 Å². The van der Waals surface area contributed by atoms with Gasteiger partial charge in [-0.1, -0.05) is 18.3 Å². The largest absolute Gasteiger partial charge is 0.357 e. The molecule has 1 aliphatic heterocycles. The first-order valence-electron chi connectivity index (χ1n) is 5.68. The number of nitrogens with one attached hydrogen (secondary N) is 2. The lowest BCUT2D eigenvalue weighted by molar-refractivity contribution is 0.636. The molecule has 0 spiro atoms. The van der Waals surface area contributed by atoms with Crippen molar-refractivity contribution in [3.05, 3.63) is 5.01 Å². The third kappa shape index (κ3) is 3.14. The highest BCUT2D eigenvalue weighted by Crippen LogP contribution is 2.19. The Labute approximate surface area is 94.5 Å². The van der Waals surface area contributed by atoms with E-state index in [2.05, 4.69) is 27.8 Å². The number of anilines is 1. The van der Waals surface area contributed by atoms with Crippen LogP contribution < -0.4 is 10.6 Å². The van der Waals surface area contributed by atoms with Crippen LogP contribution in [0, 0.1) is 0 Å². The minimum absolute atomic E-state index is 0.567. The topological polar surface area (TPSA) is 49.8 Å². The van der Waals surface area contributed by atoms with Gasteiger partial charge in [0.05, 0.1) is 0 Å².